The van der Waals surface area contributed by atoms with Gasteiger partial charge in [-0.25, -0.2) is 5.87 Å². The van der Waals surface area contributed by atoms with Crippen molar-refractivity contribution in [2.24, 2.45) is 0 Å². The Hall–Kier alpha value is -3.79. The molecule has 0 aliphatic carbocycles. The van der Waals surface area contributed by atoms with Crippen molar-refractivity contribution < 1.29 is 9.36 Å². The fourth-order valence-corrected chi connectivity index (χ4v) is 2.00. The highest BCUT2D eigenvalue weighted by atomic mass is 16.1. The van der Waals surface area contributed by atoms with Crippen LogP contribution in [0.15, 0.2) is 72.1 Å². The number of hydrogen-bond donors (Lipinski definition) is 0. The van der Waals surface area contributed by atoms with E-state index in [4.69, 9.17) is 10.7 Å². The van der Waals surface area contributed by atoms with Crippen LogP contribution in [0.2, 0.25) is 0 Å². The molecule has 0 N–H and O–H groups in total. The van der Waals surface area contributed by atoms with E-state index in [2.05, 4.69) is 0 Å². The van der Waals surface area contributed by atoms with Gasteiger partial charge in [0.2, 0.25) is 0 Å². The van der Waals surface area contributed by atoms with E-state index in [1.54, 1.807) is 72.9 Å². The molecule has 0 unspecified atom stereocenters. The minimum atomic E-state index is -0.443. The lowest BCUT2D eigenvalue weighted by Crippen LogP contribution is -2.37. The summed E-state index contributed by atoms with van der Waals surface area (Å²) in [6.07, 6.45) is 3.17. The summed E-state index contributed by atoms with van der Waals surface area (Å²) in [6, 6.07) is 17.0. The molecule has 1 aromatic carbocycles. The maximum atomic E-state index is 12.8. The Morgan fingerprint density at radius 3 is 2.09 bits per heavy atom. The van der Waals surface area contributed by atoms with E-state index in [1.807, 2.05) is 6.07 Å². The molecule has 5 nitrogen and oxygen atoms in total. The van der Waals surface area contributed by atoms with Gasteiger partial charge < -0.3 is 5.41 Å². The van der Waals surface area contributed by atoms with E-state index in [0.29, 0.717) is 5.56 Å². The predicted octanol–water partition coefficient (Wildman–Crippen LogP) is 2.28. The van der Waals surface area contributed by atoms with Crippen LogP contribution in [-0.4, -0.2) is 11.7 Å². The normalized spacial score (nSPS) is 10.5. The SMILES string of the molecule is N#CC(=C=[N-])/C(C#N)=C(/C(=O)c1ccccc1)[n+]1ccccc1. The van der Waals surface area contributed by atoms with Gasteiger partial charge in [-0.15, -0.1) is 0 Å². The second kappa shape index (κ2) is 7.28. The maximum absolute atomic E-state index is 12.8. The molecule has 5 heteroatoms. The van der Waals surface area contributed by atoms with E-state index >= 15 is 0 Å². The first-order chi connectivity index (χ1) is 11.2. The third-order valence-corrected chi connectivity index (χ3v) is 3.05. The van der Waals surface area contributed by atoms with Crippen molar-refractivity contribution >= 4 is 17.4 Å². The number of nitriles is 2. The first-order valence-electron chi connectivity index (χ1n) is 6.61. The molecule has 0 saturated carbocycles. The van der Waals surface area contributed by atoms with E-state index in [-0.39, 0.29) is 11.3 Å². The van der Waals surface area contributed by atoms with Crippen molar-refractivity contribution in [2.75, 3.05) is 0 Å². The third kappa shape index (κ3) is 3.28. The number of pyridine rings is 1. The second-order valence-corrected chi connectivity index (χ2v) is 4.41. The molecule has 0 bridgehead atoms. The third-order valence-electron chi connectivity index (χ3n) is 3.05. The molecule has 1 heterocycles. The van der Waals surface area contributed by atoms with E-state index < -0.39 is 11.4 Å². The van der Waals surface area contributed by atoms with Crippen molar-refractivity contribution in [3.05, 3.63) is 83.0 Å². The summed E-state index contributed by atoms with van der Waals surface area (Å²) in [6.45, 7) is 0. The minimum Gasteiger partial charge on any atom is -0.762 e. The van der Waals surface area contributed by atoms with E-state index in [1.165, 1.54) is 4.57 Å². The van der Waals surface area contributed by atoms with Crippen LogP contribution < -0.4 is 4.57 Å². The number of nitrogens with zero attached hydrogens (tertiary/aromatic N) is 4. The van der Waals surface area contributed by atoms with Crippen LogP contribution in [0.1, 0.15) is 10.4 Å². The largest absolute Gasteiger partial charge is 0.762 e. The highest BCUT2D eigenvalue weighted by Crippen LogP contribution is 2.17. The lowest BCUT2D eigenvalue weighted by Gasteiger charge is -2.04. The molecule has 0 saturated heterocycles. The Kier molecular flexibility index (Phi) is 4.94. The van der Waals surface area contributed by atoms with Gasteiger partial charge in [-0.05, 0) is 0 Å². The number of ketones is 1. The standard InChI is InChI=1S/C18H10N4O/c19-11-15(12-20)16(13-21)17(22-9-5-2-6-10-22)18(23)14-7-3-1-4-8-14/h1-10H/b17-16-. The number of carbonyl (C=O) groups excluding carboxylic acids is 1. The quantitative estimate of drug-likeness (QED) is 0.216. The van der Waals surface area contributed by atoms with E-state index in [0.717, 1.165) is 0 Å². The zero-order chi connectivity index (χ0) is 16.7. The van der Waals surface area contributed by atoms with Gasteiger partial charge in [-0.3, -0.25) is 4.79 Å². The molecule has 0 fully saturated rings. The summed E-state index contributed by atoms with van der Waals surface area (Å²) in [5, 5.41) is 27.5. The van der Waals surface area contributed by atoms with Gasteiger partial charge >= 0.3 is 0 Å². The number of hydrogen-bond acceptors (Lipinski definition) is 3. The molecule has 1 aromatic heterocycles. The molecule has 23 heavy (non-hydrogen) atoms. The molecule has 0 atom stereocenters. The molecule has 0 radical (unpaired) electrons. The summed E-state index contributed by atoms with van der Waals surface area (Å²) >= 11 is 0. The fourth-order valence-electron chi connectivity index (χ4n) is 2.00. The zero-order valence-corrected chi connectivity index (χ0v) is 12.0. The van der Waals surface area contributed by atoms with Crippen molar-refractivity contribution in [1.29, 1.82) is 10.5 Å². The van der Waals surface area contributed by atoms with Crippen molar-refractivity contribution in [3.8, 4) is 12.1 Å². The Morgan fingerprint density at radius 2 is 1.57 bits per heavy atom. The molecule has 0 aliphatic rings. The monoisotopic (exact) mass is 298 g/mol. The molecule has 0 amide bonds. The van der Waals surface area contributed by atoms with E-state index in [9.17, 15) is 10.1 Å². The van der Waals surface area contributed by atoms with Crippen molar-refractivity contribution in [3.63, 3.8) is 0 Å². The van der Waals surface area contributed by atoms with Gasteiger partial charge in [0.05, 0.1) is 5.57 Å². The number of Topliss-reactive ketones (excluding diaryl/α,β-unsaturated/α-hetero) is 1. The highest BCUT2D eigenvalue weighted by Gasteiger charge is 2.28. The van der Waals surface area contributed by atoms with Gasteiger partial charge in [-0.1, -0.05) is 36.4 Å². The van der Waals surface area contributed by atoms with Crippen LogP contribution in [0.5, 0.6) is 0 Å². The molecule has 0 spiro atoms. The first kappa shape index (κ1) is 15.6. The molecule has 108 valence electrons. The van der Waals surface area contributed by atoms with Gasteiger partial charge in [0.25, 0.3) is 11.5 Å². The summed E-state index contributed by atoms with van der Waals surface area (Å²) in [5.41, 5.74) is -0.317. The maximum Gasteiger partial charge on any atom is 0.278 e. The summed E-state index contributed by atoms with van der Waals surface area (Å²) < 4.78 is 1.43. The summed E-state index contributed by atoms with van der Waals surface area (Å²) in [5.74, 6) is 1.23. The molecule has 0 aliphatic heterocycles. The Balaban J connectivity index is 2.77. The Morgan fingerprint density at radius 1 is 0.957 bits per heavy atom. The van der Waals surface area contributed by atoms with Crippen LogP contribution in [-0.2, 0) is 0 Å². The van der Waals surface area contributed by atoms with Crippen LogP contribution in [0.4, 0.5) is 0 Å². The van der Waals surface area contributed by atoms with Crippen LogP contribution in [0.25, 0.3) is 11.1 Å². The molecular weight excluding hydrogens is 288 g/mol. The lowest BCUT2D eigenvalue weighted by molar-refractivity contribution is -0.577. The number of carbonyl (C=O) groups is 1. The second-order valence-electron chi connectivity index (χ2n) is 4.41. The molecule has 2 rings (SSSR count). The average molecular weight is 298 g/mol. The van der Waals surface area contributed by atoms with Crippen LogP contribution in [0.3, 0.4) is 0 Å². The van der Waals surface area contributed by atoms with Gasteiger partial charge in [0.1, 0.15) is 12.1 Å². The Labute approximate surface area is 133 Å². The number of benzene rings is 1. The highest BCUT2D eigenvalue weighted by molar-refractivity contribution is 6.23. The Bertz CT molecular complexity index is 894. The molecule has 2 aromatic rings. The first-order valence-corrected chi connectivity index (χ1v) is 6.61. The van der Waals surface area contributed by atoms with Gasteiger partial charge in [0.15, 0.2) is 18.0 Å². The topological polar surface area (TPSA) is 90.8 Å². The minimum absolute atomic E-state index is 0.0302. The van der Waals surface area contributed by atoms with Crippen LogP contribution in [0, 0.1) is 22.7 Å². The summed E-state index contributed by atoms with van der Waals surface area (Å²) in [7, 11) is 0. The molecular formula is C18H10N4O. The smallest absolute Gasteiger partial charge is 0.278 e. The zero-order valence-electron chi connectivity index (χ0n) is 12.0. The van der Waals surface area contributed by atoms with Gasteiger partial charge in [0, 0.05) is 17.7 Å². The fraction of sp³-hybridized carbons (Fsp3) is 0. The van der Waals surface area contributed by atoms with Crippen molar-refractivity contribution in [2.45, 2.75) is 0 Å². The predicted molar refractivity (Wildman–Crippen MR) is 83.7 cm³/mol. The van der Waals surface area contributed by atoms with Crippen molar-refractivity contribution in [1.82, 2.24) is 0 Å². The number of rotatable bonds is 4. The average Bonchev–Trinajstić information content (AvgIpc) is 2.63. The number of allylic oxidation sites excluding steroid dienone is 3. The number of aromatic nitrogens is 1. The lowest BCUT2D eigenvalue weighted by atomic mass is 10.0. The summed E-state index contributed by atoms with van der Waals surface area (Å²) in [4.78, 5) is 12.8. The van der Waals surface area contributed by atoms with Gasteiger partial charge in [-0.2, -0.15) is 15.1 Å². The van der Waals surface area contributed by atoms with Crippen LogP contribution >= 0.6 is 0 Å².